The van der Waals surface area contributed by atoms with Gasteiger partial charge in [-0.3, -0.25) is 9.78 Å². The molecule has 3 nitrogen and oxygen atoms in total. The minimum atomic E-state index is -4.49. The van der Waals surface area contributed by atoms with Gasteiger partial charge in [-0.15, -0.1) is 0 Å². The SMILES string of the molecule is Cn1cc(C(=O)Cc2cncc(F)c2)c2cc(C(F)(F)F)ccc21. The highest BCUT2D eigenvalue weighted by Gasteiger charge is 2.31. The number of halogens is 4. The van der Waals surface area contributed by atoms with E-state index in [9.17, 15) is 22.4 Å². The van der Waals surface area contributed by atoms with Gasteiger partial charge in [0.15, 0.2) is 5.78 Å². The zero-order chi connectivity index (χ0) is 17.5. The number of nitrogens with zero attached hydrogens (tertiary/aromatic N) is 2. The number of rotatable bonds is 3. The molecule has 0 saturated carbocycles. The highest BCUT2D eigenvalue weighted by molar-refractivity contribution is 6.09. The molecule has 124 valence electrons. The van der Waals surface area contributed by atoms with Crippen LogP contribution in [0, 0.1) is 5.82 Å². The van der Waals surface area contributed by atoms with E-state index in [0.29, 0.717) is 11.1 Å². The van der Waals surface area contributed by atoms with Gasteiger partial charge in [0.1, 0.15) is 5.82 Å². The molecule has 0 unspecified atom stereocenters. The van der Waals surface area contributed by atoms with Gasteiger partial charge < -0.3 is 4.57 Å². The fourth-order valence-corrected chi connectivity index (χ4v) is 2.62. The quantitative estimate of drug-likeness (QED) is 0.532. The Labute approximate surface area is 134 Å². The second-order valence-corrected chi connectivity index (χ2v) is 5.49. The Kier molecular flexibility index (Phi) is 3.87. The molecule has 0 N–H and O–H groups in total. The number of fused-ring (bicyclic) bond motifs is 1. The zero-order valence-electron chi connectivity index (χ0n) is 12.6. The first-order valence-electron chi connectivity index (χ1n) is 7.04. The summed E-state index contributed by atoms with van der Waals surface area (Å²) in [5.41, 5.74) is 0.234. The first kappa shape index (κ1) is 16.2. The first-order chi connectivity index (χ1) is 11.3. The summed E-state index contributed by atoms with van der Waals surface area (Å²) in [4.78, 5) is 16.1. The number of hydrogen-bond donors (Lipinski definition) is 0. The molecule has 3 aromatic rings. The predicted octanol–water partition coefficient (Wildman–Crippen LogP) is 4.16. The van der Waals surface area contributed by atoms with Crippen molar-refractivity contribution in [2.24, 2.45) is 7.05 Å². The molecule has 7 heteroatoms. The van der Waals surface area contributed by atoms with Crippen molar-refractivity contribution in [2.75, 3.05) is 0 Å². The second kappa shape index (κ2) is 5.74. The number of aryl methyl sites for hydroxylation is 1. The Hall–Kier alpha value is -2.70. The third-order valence-corrected chi connectivity index (χ3v) is 3.74. The van der Waals surface area contributed by atoms with Gasteiger partial charge in [0, 0.05) is 42.3 Å². The number of aromatic nitrogens is 2. The number of Topliss-reactive ketones (excluding diaryl/α,β-unsaturated/α-hetero) is 1. The molecular weight excluding hydrogens is 324 g/mol. The number of ketones is 1. The number of hydrogen-bond acceptors (Lipinski definition) is 2. The van der Waals surface area contributed by atoms with E-state index in [1.165, 1.54) is 24.5 Å². The van der Waals surface area contributed by atoms with Crippen LogP contribution in [0.5, 0.6) is 0 Å². The van der Waals surface area contributed by atoms with Crippen LogP contribution in [0.4, 0.5) is 17.6 Å². The molecule has 0 bridgehead atoms. The first-order valence-corrected chi connectivity index (χ1v) is 7.04. The summed E-state index contributed by atoms with van der Waals surface area (Å²) in [6, 6.07) is 4.45. The van der Waals surface area contributed by atoms with Crippen molar-refractivity contribution in [1.82, 2.24) is 9.55 Å². The number of pyridine rings is 1. The number of carbonyl (C=O) groups excluding carboxylic acids is 1. The summed E-state index contributed by atoms with van der Waals surface area (Å²) in [6.45, 7) is 0. The molecule has 0 aliphatic heterocycles. The van der Waals surface area contributed by atoms with Gasteiger partial charge in [0.2, 0.25) is 0 Å². The van der Waals surface area contributed by atoms with Crippen LogP contribution >= 0.6 is 0 Å². The summed E-state index contributed by atoms with van der Waals surface area (Å²) in [7, 11) is 1.65. The molecule has 1 aromatic carbocycles. The molecule has 0 amide bonds. The lowest BCUT2D eigenvalue weighted by Gasteiger charge is -2.07. The van der Waals surface area contributed by atoms with Gasteiger partial charge in [0.25, 0.3) is 0 Å². The van der Waals surface area contributed by atoms with Crippen molar-refractivity contribution in [3.05, 3.63) is 65.4 Å². The van der Waals surface area contributed by atoms with E-state index >= 15 is 0 Å². The number of carbonyl (C=O) groups is 1. The highest BCUT2D eigenvalue weighted by Crippen LogP contribution is 2.33. The van der Waals surface area contributed by atoms with Gasteiger partial charge in [0.05, 0.1) is 11.8 Å². The van der Waals surface area contributed by atoms with Gasteiger partial charge >= 0.3 is 6.18 Å². The third kappa shape index (κ3) is 3.02. The third-order valence-electron chi connectivity index (χ3n) is 3.74. The van der Waals surface area contributed by atoms with E-state index < -0.39 is 23.3 Å². The van der Waals surface area contributed by atoms with Crippen molar-refractivity contribution in [1.29, 1.82) is 0 Å². The minimum absolute atomic E-state index is 0.139. The normalized spacial score (nSPS) is 11.9. The van der Waals surface area contributed by atoms with Crippen LogP contribution in [0.25, 0.3) is 10.9 Å². The number of alkyl halides is 3. The lowest BCUT2D eigenvalue weighted by molar-refractivity contribution is -0.137. The molecule has 0 fully saturated rings. The fraction of sp³-hybridized carbons (Fsp3) is 0.176. The van der Waals surface area contributed by atoms with Crippen LogP contribution in [0.15, 0.2) is 42.9 Å². The molecule has 0 spiro atoms. The summed E-state index contributed by atoms with van der Waals surface area (Å²) >= 11 is 0. The Morgan fingerprint density at radius 1 is 1.21 bits per heavy atom. The van der Waals surface area contributed by atoms with E-state index in [1.54, 1.807) is 11.6 Å². The Balaban J connectivity index is 2.03. The standard InChI is InChI=1S/C17H12F4N2O/c1-23-9-14(16(24)5-10-4-12(18)8-22-7-10)13-6-11(17(19,20)21)2-3-15(13)23/h2-4,6-9H,5H2,1H3. The highest BCUT2D eigenvalue weighted by atomic mass is 19.4. The molecule has 3 rings (SSSR count). The monoisotopic (exact) mass is 336 g/mol. The maximum atomic E-state index is 13.2. The zero-order valence-corrected chi connectivity index (χ0v) is 12.6. The van der Waals surface area contributed by atoms with E-state index in [1.807, 2.05) is 0 Å². The largest absolute Gasteiger partial charge is 0.416 e. The van der Waals surface area contributed by atoms with Gasteiger partial charge in [-0.1, -0.05) is 0 Å². The van der Waals surface area contributed by atoms with E-state index in [4.69, 9.17) is 0 Å². The summed E-state index contributed by atoms with van der Waals surface area (Å²) < 4.78 is 53.5. The Bertz CT molecular complexity index is 928. The molecule has 0 aliphatic carbocycles. The van der Waals surface area contributed by atoms with Crippen molar-refractivity contribution >= 4 is 16.7 Å². The summed E-state index contributed by atoms with van der Waals surface area (Å²) in [5, 5.41) is 0.224. The molecule has 2 heterocycles. The van der Waals surface area contributed by atoms with Crippen LogP contribution in [0.3, 0.4) is 0 Å². The molecule has 24 heavy (non-hydrogen) atoms. The van der Waals surface area contributed by atoms with Crippen molar-refractivity contribution in [3.8, 4) is 0 Å². The predicted molar refractivity (Wildman–Crippen MR) is 80.2 cm³/mol. The van der Waals surface area contributed by atoms with E-state index in [2.05, 4.69) is 4.98 Å². The second-order valence-electron chi connectivity index (χ2n) is 5.49. The van der Waals surface area contributed by atoms with E-state index in [-0.39, 0.29) is 17.4 Å². The maximum absolute atomic E-state index is 13.2. The Morgan fingerprint density at radius 2 is 1.96 bits per heavy atom. The minimum Gasteiger partial charge on any atom is -0.350 e. The summed E-state index contributed by atoms with van der Waals surface area (Å²) in [5.74, 6) is -0.968. The van der Waals surface area contributed by atoms with Crippen molar-refractivity contribution in [2.45, 2.75) is 12.6 Å². The van der Waals surface area contributed by atoms with Crippen LogP contribution in [-0.2, 0) is 19.6 Å². The van der Waals surface area contributed by atoms with Crippen LogP contribution < -0.4 is 0 Å². The number of benzene rings is 1. The fourth-order valence-electron chi connectivity index (χ4n) is 2.62. The van der Waals surface area contributed by atoms with Crippen LogP contribution in [0.2, 0.25) is 0 Å². The lowest BCUT2D eigenvalue weighted by atomic mass is 10.0. The van der Waals surface area contributed by atoms with Gasteiger partial charge in [-0.25, -0.2) is 4.39 Å². The molecule has 0 aliphatic rings. The molecule has 0 radical (unpaired) electrons. The molecule has 0 atom stereocenters. The lowest BCUT2D eigenvalue weighted by Crippen LogP contribution is -2.06. The topological polar surface area (TPSA) is 34.9 Å². The van der Waals surface area contributed by atoms with E-state index in [0.717, 1.165) is 18.3 Å². The van der Waals surface area contributed by atoms with Crippen molar-refractivity contribution in [3.63, 3.8) is 0 Å². The van der Waals surface area contributed by atoms with Gasteiger partial charge in [-0.05, 0) is 29.8 Å². The van der Waals surface area contributed by atoms with Crippen LogP contribution in [-0.4, -0.2) is 15.3 Å². The smallest absolute Gasteiger partial charge is 0.350 e. The van der Waals surface area contributed by atoms with Crippen molar-refractivity contribution < 1.29 is 22.4 Å². The van der Waals surface area contributed by atoms with Crippen LogP contribution in [0.1, 0.15) is 21.5 Å². The molecular formula is C17H12F4N2O. The Morgan fingerprint density at radius 3 is 2.62 bits per heavy atom. The maximum Gasteiger partial charge on any atom is 0.416 e. The van der Waals surface area contributed by atoms with Gasteiger partial charge in [-0.2, -0.15) is 13.2 Å². The summed E-state index contributed by atoms with van der Waals surface area (Å²) in [6.07, 6.45) is -0.772. The molecule has 0 saturated heterocycles. The average Bonchev–Trinajstić information content (AvgIpc) is 2.83. The molecule has 2 aromatic heterocycles. The average molecular weight is 336 g/mol.